The molecule has 2 rings (SSSR count). The molecule has 7 nitrogen and oxygen atoms in total. The smallest absolute Gasteiger partial charge is 0.328 e. The number of nitrogens with zero attached hydrogens (tertiary/aromatic N) is 3. The number of nitrogens with one attached hydrogen (secondary N) is 1. The monoisotopic (exact) mass is 358 g/mol. The molecule has 2 heterocycles. The number of ether oxygens (including phenoxy) is 1. The van der Waals surface area contributed by atoms with Crippen LogP contribution in [0, 0.1) is 23.2 Å². The Morgan fingerprint density at radius 3 is 2.58 bits per heavy atom. The minimum Gasteiger partial charge on any atom is -0.467 e. The summed E-state index contributed by atoms with van der Waals surface area (Å²) in [6.45, 7) is 5.43. The fourth-order valence-electron chi connectivity index (χ4n) is 3.13. The van der Waals surface area contributed by atoms with Crippen LogP contribution in [0.2, 0.25) is 0 Å². The first kappa shape index (κ1) is 19.7. The number of esters is 1. The van der Waals surface area contributed by atoms with Gasteiger partial charge in [0.2, 0.25) is 5.91 Å². The van der Waals surface area contributed by atoms with Crippen LogP contribution in [0.1, 0.15) is 38.7 Å². The molecule has 0 saturated carbocycles. The lowest BCUT2D eigenvalue weighted by atomic mass is 9.94. The lowest BCUT2D eigenvalue weighted by molar-refractivity contribution is -0.146. The zero-order valence-electron chi connectivity index (χ0n) is 15.6. The Morgan fingerprint density at radius 1 is 1.38 bits per heavy atom. The molecule has 1 amide bonds. The Hall–Kier alpha value is -2.62. The Labute approximate surface area is 154 Å². The van der Waals surface area contributed by atoms with Gasteiger partial charge in [0, 0.05) is 25.2 Å². The molecule has 1 aliphatic rings. The van der Waals surface area contributed by atoms with Crippen molar-refractivity contribution in [1.29, 1.82) is 5.26 Å². The summed E-state index contributed by atoms with van der Waals surface area (Å²) < 4.78 is 4.80. The van der Waals surface area contributed by atoms with E-state index in [2.05, 4.69) is 21.3 Å². The number of amides is 1. The number of aromatic nitrogens is 1. The molecule has 0 unspecified atom stereocenters. The van der Waals surface area contributed by atoms with E-state index in [1.165, 1.54) is 7.11 Å². The molecular formula is C19H26N4O3. The van der Waals surface area contributed by atoms with Crippen molar-refractivity contribution in [1.82, 2.24) is 10.3 Å². The third kappa shape index (κ3) is 5.19. The van der Waals surface area contributed by atoms with Crippen molar-refractivity contribution < 1.29 is 14.3 Å². The lowest BCUT2D eigenvalue weighted by Crippen LogP contribution is -2.47. The number of piperidine rings is 1. The first-order valence-electron chi connectivity index (χ1n) is 8.94. The first-order valence-corrected chi connectivity index (χ1v) is 8.94. The number of hydrogen-bond donors (Lipinski definition) is 1. The van der Waals surface area contributed by atoms with Crippen LogP contribution in [0.3, 0.4) is 0 Å². The molecule has 140 valence electrons. The van der Waals surface area contributed by atoms with Crippen LogP contribution in [0.4, 0.5) is 5.82 Å². The van der Waals surface area contributed by atoms with E-state index in [1.807, 2.05) is 19.9 Å². The number of hydrogen-bond acceptors (Lipinski definition) is 6. The standard InChI is InChI=1S/C19H26N4O3/c1-13(2)10-16(19(25)26-3)22-18(24)15-6-8-23(9-7-15)17-5-4-14(11-20)12-21-17/h4-5,12-13,15-16H,6-10H2,1-3H3,(H,22,24)/t16-/m0/s1. The molecule has 1 fully saturated rings. The van der Waals surface area contributed by atoms with Gasteiger partial charge in [0.25, 0.3) is 0 Å². The number of carbonyl (C=O) groups is 2. The topological polar surface area (TPSA) is 95.3 Å². The molecule has 26 heavy (non-hydrogen) atoms. The van der Waals surface area contributed by atoms with Crippen LogP contribution in [0.25, 0.3) is 0 Å². The van der Waals surface area contributed by atoms with Crippen molar-refractivity contribution in [3.8, 4) is 6.07 Å². The second-order valence-corrected chi connectivity index (χ2v) is 6.99. The summed E-state index contributed by atoms with van der Waals surface area (Å²) in [4.78, 5) is 30.8. The highest BCUT2D eigenvalue weighted by atomic mass is 16.5. The maximum Gasteiger partial charge on any atom is 0.328 e. The summed E-state index contributed by atoms with van der Waals surface area (Å²) >= 11 is 0. The molecule has 0 radical (unpaired) electrons. The van der Waals surface area contributed by atoms with E-state index in [0.717, 1.165) is 5.82 Å². The number of rotatable bonds is 6. The minimum absolute atomic E-state index is 0.0894. The van der Waals surface area contributed by atoms with E-state index in [4.69, 9.17) is 10.00 Å². The Morgan fingerprint density at radius 2 is 2.08 bits per heavy atom. The van der Waals surface area contributed by atoms with Crippen LogP contribution >= 0.6 is 0 Å². The normalized spacial score (nSPS) is 16.0. The third-order valence-corrected chi connectivity index (χ3v) is 4.58. The van der Waals surface area contributed by atoms with Crippen molar-refractivity contribution >= 4 is 17.7 Å². The summed E-state index contributed by atoms with van der Waals surface area (Å²) in [5.41, 5.74) is 0.530. The zero-order chi connectivity index (χ0) is 19.1. The molecule has 0 spiro atoms. The largest absolute Gasteiger partial charge is 0.467 e. The number of anilines is 1. The molecule has 1 aliphatic heterocycles. The summed E-state index contributed by atoms with van der Waals surface area (Å²) in [6.07, 6.45) is 3.51. The maximum absolute atomic E-state index is 12.5. The van der Waals surface area contributed by atoms with Crippen LogP contribution in [0.5, 0.6) is 0 Å². The van der Waals surface area contributed by atoms with Crippen molar-refractivity contribution in [2.24, 2.45) is 11.8 Å². The summed E-state index contributed by atoms with van der Waals surface area (Å²) in [6, 6.07) is 5.03. The Balaban J connectivity index is 1.90. The highest BCUT2D eigenvalue weighted by molar-refractivity contribution is 5.85. The molecule has 0 bridgehead atoms. The average Bonchev–Trinajstić information content (AvgIpc) is 2.66. The summed E-state index contributed by atoms with van der Waals surface area (Å²) in [7, 11) is 1.34. The number of nitriles is 1. The summed E-state index contributed by atoms with van der Waals surface area (Å²) in [5, 5.41) is 11.7. The van der Waals surface area contributed by atoms with Crippen LogP contribution in [-0.2, 0) is 14.3 Å². The Kier molecular flexibility index (Phi) is 6.96. The molecule has 0 aliphatic carbocycles. The molecule has 1 N–H and O–H groups in total. The van der Waals surface area contributed by atoms with Gasteiger partial charge in [-0.3, -0.25) is 4.79 Å². The van der Waals surface area contributed by atoms with Gasteiger partial charge in [-0.2, -0.15) is 5.26 Å². The maximum atomic E-state index is 12.5. The van der Waals surface area contributed by atoms with Gasteiger partial charge in [0.1, 0.15) is 17.9 Å². The van der Waals surface area contributed by atoms with Gasteiger partial charge in [0.05, 0.1) is 12.7 Å². The van der Waals surface area contributed by atoms with Gasteiger partial charge in [-0.25, -0.2) is 9.78 Å². The van der Waals surface area contributed by atoms with Gasteiger partial charge in [-0.1, -0.05) is 13.8 Å². The SMILES string of the molecule is COC(=O)[C@H](CC(C)C)NC(=O)C1CCN(c2ccc(C#N)cn2)CC1. The van der Waals surface area contributed by atoms with Crippen molar-refractivity contribution in [2.75, 3.05) is 25.1 Å². The predicted molar refractivity (Wildman–Crippen MR) is 97.3 cm³/mol. The number of carbonyl (C=O) groups excluding carboxylic acids is 2. The number of methoxy groups -OCH3 is 1. The summed E-state index contributed by atoms with van der Waals surface area (Å²) in [5.74, 6) is 0.488. The lowest BCUT2D eigenvalue weighted by Gasteiger charge is -2.32. The van der Waals surface area contributed by atoms with Gasteiger partial charge in [-0.15, -0.1) is 0 Å². The van der Waals surface area contributed by atoms with E-state index in [1.54, 1.807) is 12.3 Å². The first-order chi connectivity index (χ1) is 12.4. The average molecular weight is 358 g/mol. The van der Waals surface area contributed by atoms with E-state index in [9.17, 15) is 9.59 Å². The second-order valence-electron chi connectivity index (χ2n) is 6.99. The van der Waals surface area contributed by atoms with E-state index in [0.29, 0.717) is 37.9 Å². The molecule has 7 heteroatoms. The van der Waals surface area contributed by atoms with Crippen LogP contribution in [-0.4, -0.2) is 43.1 Å². The van der Waals surface area contributed by atoms with Gasteiger partial charge in [0.15, 0.2) is 0 Å². The predicted octanol–water partition coefficient (Wildman–Crippen LogP) is 1.87. The van der Waals surface area contributed by atoms with Crippen molar-refractivity contribution in [3.05, 3.63) is 23.9 Å². The quantitative estimate of drug-likeness (QED) is 0.780. The third-order valence-electron chi connectivity index (χ3n) is 4.58. The van der Waals surface area contributed by atoms with Crippen molar-refractivity contribution in [3.63, 3.8) is 0 Å². The number of pyridine rings is 1. The molecule has 1 aromatic rings. The van der Waals surface area contributed by atoms with Gasteiger partial charge in [-0.05, 0) is 37.3 Å². The van der Waals surface area contributed by atoms with Crippen molar-refractivity contribution in [2.45, 2.75) is 39.2 Å². The molecule has 1 saturated heterocycles. The molecule has 1 atom stereocenters. The highest BCUT2D eigenvalue weighted by Gasteiger charge is 2.29. The highest BCUT2D eigenvalue weighted by Crippen LogP contribution is 2.22. The molecule has 1 aromatic heterocycles. The van der Waals surface area contributed by atoms with E-state index < -0.39 is 12.0 Å². The molecule has 0 aromatic carbocycles. The van der Waals surface area contributed by atoms with E-state index in [-0.39, 0.29) is 17.7 Å². The molecular weight excluding hydrogens is 332 g/mol. The second kappa shape index (κ2) is 9.18. The van der Waals surface area contributed by atoms with Crippen LogP contribution < -0.4 is 10.2 Å². The van der Waals surface area contributed by atoms with Crippen LogP contribution in [0.15, 0.2) is 18.3 Å². The van der Waals surface area contributed by atoms with E-state index >= 15 is 0 Å². The fourth-order valence-corrected chi connectivity index (χ4v) is 3.13. The van der Waals surface area contributed by atoms with Gasteiger partial charge < -0.3 is 15.0 Å². The van der Waals surface area contributed by atoms with Gasteiger partial charge >= 0.3 is 5.97 Å². The minimum atomic E-state index is -0.592. The zero-order valence-corrected chi connectivity index (χ0v) is 15.6. The fraction of sp³-hybridized carbons (Fsp3) is 0.579. The Bertz CT molecular complexity index is 658.